The molecule has 2 aliphatic heterocycles. The number of halogens is 2. The maximum absolute atomic E-state index is 15.0. The molecule has 2 saturated heterocycles. The van der Waals surface area contributed by atoms with Gasteiger partial charge >= 0.3 is 0 Å². The van der Waals surface area contributed by atoms with Gasteiger partial charge in [0.05, 0.1) is 5.69 Å². The van der Waals surface area contributed by atoms with Crippen molar-refractivity contribution in [1.82, 2.24) is 10.2 Å². The molecule has 0 spiro atoms. The van der Waals surface area contributed by atoms with E-state index in [2.05, 4.69) is 26.1 Å². The molecule has 3 heterocycles. The lowest BCUT2D eigenvalue weighted by Gasteiger charge is -2.44. The Morgan fingerprint density at radius 2 is 1.68 bits per heavy atom. The van der Waals surface area contributed by atoms with E-state index in [0.29, 0.717) is 29.0 Å². The Balaban J connectivity index is 1.32. The van der Waals surface area contributed by atoms with Gasteiger partial charge in [0.2, 0.25) is 0 Å². The number of hydrogen-bond donors (Lipinski definition) is 1. The number of hydrogen-bond acceptors (Lipinski definition) is 7. The van der Waals surface area contributed by atoms with Gasteiger partial charge in [-0.1, -0.05) is 11.6 Å². The van der Waals surface area contributed by atoms with Crippen LogP contribution in [0, 0.1) is 11.7 Å². The third-order valence-corrected chi connectivity index (χ3v) is 8.12. The quantitative estimate of drug-likeness (QED) is 0.594. The van der Waals surface area contributed by atoms with Gasteiger partial charge in [-0.25, -0.2) is 4.39 Å². The summed E-state index contributed by atoms with van der Waals surface area (Å²) in [5.74, 6) is 0.902. The molecular formula is C25H33ClFN5O2. The second-order valence-electron chi connectivity index (χ2n) is 9.79. The van der Waals surface area contributed by atoms with Gasteiger partial charge in [0.1, 0.15) is 5.82 Å². The number of ether oxygens (including phenoxy) is 2. The lowest BCUT2D eigenvalue weighted by atomic mass is 9.78. The van der Waals surface area contributed by atoms with E-state index >= 15 is 0 Å². The first-order valence-electron chi connectivity index (χ1n) is 12.2. The zero-order valence-corrected chi connectivity index (χ0v) is 20.5. The highest BCUT2D eigenvalue weighted by Gasteiger charge is 2.41. The lowest BCUT2D eigenvalue weighted by Crippen LogP contribution is -2.54. The van der Waals surface area contributed by atoms with Gasteiger partial charge in [-0.3, -0.25) is 0 Å². The second-order valence-corrected chi connectivity index (χ2v) is 10.2. The molecule has 2 aromatic rings. The van der Waals surface area contributed by atoms with E-state index in [0.717, 1.165) is 68.6 Å². The number of benzene rings is 1. The molecule has 2 atom stereocenters. The summed E-state index contributed by atoms with van der Waals surface area (Å²) in [5, 5.41) is 8.17. The SMILES string of the molecule is COC(OC)C1CCC(c2cc(N3[C@@H]4CC[C@@H]3CN(c3cc(Cl)nnc3N)C4)ccc2F)CC1. The number of nitrogens with two attached hydrogens (primary N) is 1. The molecule has 3 fully saturated rings. The van der Waals surface area contributed by atoms with Gasteiger partial charge < -0.3 is 25.0 Å². The fourth-order valence-corrected chi connectivity index (χ4v) is 6.47. The number of nitrogen functional groups attached to an aromatic ring is 1. The van der Waals surface area contributed by atoms with Crippen molar-refractivity contribution in [1.29, 1.82) is 0 Å². The highest BCUT2D eigenvalue weighted by Crippen LogP contribution is 2.42. The maximum Gasteiger partial charge on any atom is 0.169 e. The first-order valence-corrected chi connectivity index (χ1v) is 12.5. The molecule has 1 aromatic heterocycles. The Labute approximate surface area is 205 Å². The summed E-state index contributed by atoms with van der Waals surface area (Å²) < 4.78 is 25.9. The van der Waals surface area contributed by atoms with Crippen molar-refractivity contribution in [3.8, 4) is 0 Å². The van der Waals surface area contributed by atoms with E-state index in [9.17, 15) is 4.39 Å². The largest absolute Gasteiger partial charge is 0.380 e. The van der Waals surface area contributed by atoms with Crippen LogP contribution >= 0.6 is 11.6 Å². The fourth-order valence-electron chi connectivity index (χ4n) is 6.33. The zero-order valence-electron chi connectivity index (χ0n) is 19.8. The molecule has 34 heavy (non-hydrogen) atoms. The van der Waals surface area contributed by atoms with Crippen molar-refractivity contribution in [3.63, 3.8) is 0 Å². The Morgan fingerprint density at radius 3 is 2.32 bits per heavy atom. The van der Waals surface area contributed by atoms with Crippen molar-refractivity contribution in [2.75, 3.05) is 42.8 Å². The van der Waals surface area contributed by atoms with Gasteiger partial charge in [0.25, 0.3) is 0 Å². The molecule has 2 N–H and O–H groups in total. The molecule has 0 radical (unpaired) electrons. The summed E-state index contributed by atoms with van der Waals surface area (Å²) in [6, 6.07) is 8.16. The van der Waals surface area contributed by atoms with Crippen LogP contribution in [-0.2, 0) is 9.47 Å². The third kappa shape index (κ3) is 4.43. The van der Waals surface area contributed by atoms with Gasteiger partial charge in [0.15, 0.2) is 17.3 Å². The Hall–Kier alpha value is -2.16. The summed E-state index contributed by atoms with van der Waals surface area (Å²) in [7, 11) is 3.37. The van der Waals surface area contributed by atoms with Crippen LogP contribution in [0.25, 0.3) is 0 Å². The number of rotatable bonds is 6. The summed E-state index contributed by atoms with van der Waals surface area (Å²) in [6.07, 6.45) is 5.88. The van der Waals surface area contributed by atoms with Crippen LogP contribution in [0.3, 0.4) is 0 Å². The standard InChI is InChI=1S/C25H33ClFN5O2/c1-33-25(34-2)16-5-3-15(4-6-16)20-11-17(9-10-21(20)27)32-18-7-8-19(32)14-31(13-18)22-12-23(26)29-30-24(22)28/h9-12,15-16,18-19,25H,3-8,13-14H2,1-2H3,(H2,28,30)/t15?,16?,18-,19-/m1/s1. The zero-order chi connectivity index (χ0) is 23.8. The van der Waals surface area contributed by atoms with Crippen LogP contribution in [0.5, 0.6) is 0 Å². The smallest absolute Gasteiger partial charge is 0.169 e. The average molecular weight is 490 g/mol. The van der Waals surface area contributed by atoms with Crippen LogP contribution in [0.1, 0.15) is 50.0 Å². The summed E-state index contributed by atoms with van der Waals surface area (Å²) in [5.41, 5.74) is 8.91. The average Bonchev–Trinajstić information content (AvgIpc) is 3.11. The van der Waals surface area contributed by atoms with Crippen LogP contribution in [0.4, 0.5) is 21.6 Å². The van der Waals surface area contributed by atoms with Crippen LogP contribution in [0.15, 0.2) is 24.3 Å². The molecule has 5 rings (SSSR count). The minimum Gasteiger partial charge on any atom is -0.380 e. The van der Waals surface area contributed by atoms with Crippen molar-refractivity contribution < 1.29 is 13.9 Å². The van der Waals surface area contributed by atoms with E-state index in [1.165, 1.54) is 0 Å². The van der Waals surface area contributed by atoms with Crippen molar-refractivity contribution >= 4 is 28.8 Å². The number of piperazine rings is 1. The summed E-state index contributed by atoms with van der Waals surface area (Å²) in [6.45, 7) is 1.66. The van der Waals surface area contributed by atoms with Gasteiger partial charge in [0, 0.05) is 57.1 Å². The van der Waals surface area contributed by atoms with E-state index in [-0.39, 0.29) is 18.0 Å². The lowest BCUT2D eigenvalue weighted by molar-refractivity contribution is -0.144. The van der Waals surface area contributed by atoms with E-state index < -0.39 is 0 Å². The molecule has 184 valence electrons. The predicted molar refractivity (Wildman–Crippen MR) is 132 cm³/mol. The van der Waals surface area contributed by atoms with Crippen LogP contribution < -0.4 is 15.5 Å². The molecule has 0 amide bonds. The normalized spacial score (nSPS) is 27.0. The number of fused-ring (bicyclic) bond motifs is 2. The molecule has 2 bridgehead atoms. The van der Waals surface area contributed by atoms with Crippen LogP contribution in [0.2, 0.25) is 5.15 Å². The molecule has 1 aromatic carbocycles. The van der Waals surface area contributed by atoms with Crippen LogP contribution in [-0.4, -0.2) is 55.9 Å². The maximum atomic E-state index is 15.0. The number of nitrogens with zero attached hydrogens (tertiary/aromatic N) is 4. The number of methoxy groups -OCH3 is 2. The highest BCUT2D eigenvalue weighted by molar-refractivity contribution is 6.29. The summed E-state index contributed by atoms with van der Waals surface area (Å²) in [4.78, 5) is 4.76. The number of aromatic nitrogens is 2. The first-order chi connectivity index (χ1) is 16.5. The monoisotopic (exact) mass is 489 g/mol. The molecule has 9 heteroatoms. The summed E-state index contributed by atoms with van der Waals surface area (Å²) >= 11 is 6.08. The van der Waals surface area contributed by atoms with E-state index in [1.54, 1.807) is 26.4 Å². The predicted octanol–water partition coefficient (Wildman–Crippen LogP) is 4.60. The van der Waals surface area contributed by atoms with E-state index in [1.807, 2.05) is 6.07 Å². The van der Waals surface area contributed by atoms with Gasteiger partial charge in [-0.2, -0.15) is 0 Å². The van der Waals surface area contributed by atoms with E-state index in [4.69, 9.17) is 26.8 Å². The Morgan fingerprint density at radius 1 is 1.00 bits per heavy atom. The Bertz CT molecular complexity index is 1000. The molecular weight excluding hydrogens is 457 g/mol. The third-order valence-electron chi connectivity index (χ3n) is 7.93. The van der Waals surface area contributed by atoms with Crippen molar-refractivity contribution in [2.24, 2.45) is 5.92 Å². The van der Waals surface area contributed by atoms with Gasteiger partial charge in [-0.15, -0.1) is 10.2 Å². The molecule has 1 aliphatic carbocycles. The topological polar surface area (TPSA) is 76.7 Å². The minimum absolute atomic E-state index is 0.0986. The Kier molecular flexibility index (Phi) is 6.82. The molecule has 1 saturated carbocycles. The van der Waals surface area contributed by atoms with Crippen molar-refractivity contribution in [3.05, 3.63) is 40.8 Å². The number of anilines is 3. The second kappa shape index (κ2) is 9.84. The molecule has 0 unspecified atom stereocenters. The molecule has 7 nitrogen and oxygen atoms in total. The molecule has 3 aliphatic rings. The van der Waals surface area contributed by atoms with Gasteiger partial charge in [-0.05, 0) is 68.2 Å². The first kappa shape index (κ1) is 23.6. The van der Waals surface area contributed by atoms with Crippen molar-refractivity contribution in [2.45, 2.75) is 62.8 Å². The fraction of sp³-hybridized carbons (Fsp3) is 0.600. The minimum atomic E-state index is -0.177. The highest BCUT2D eigenvalue weighted by atomic mass is 35.5.